The van der Waals surface area contributed by atoms with Crippen molar-refractivity contribution in [3.63, 3.8) is 0 Å². The highest BCUT2D eigenvalue weighted by molar-refractivity contribution is 6.30. The Labute approximate surface area is 145 Å². The van der Waals surface area contributed by atoms with E-state index in [9.17, 15) is 9.18 Å². The van der Waals surface area contributed by atoms with Gasteiger partial charge in [-0.2, -0.15) is 0 Å². The van der Waals surface area contributed by atoms with Crippen molar-refractivity contribution in [3.8, 4) is 0 Å². The fourth-order valence-electron chi connectivity index (χ4n) is 3.23. The summed E-state index contributed by atoms with van der Waals surface area (Å²) in [5, 5.41) is 3.18. The largest absolute Gasteiger partial charge is 0.351 e. The van der Waals surface area contributed by atoms with Crippen LogP contribution in [0.3, 0.4) is 0 Å². The number of hydrogen-bond acceptors (Lipinski definition) is 3. The fraction of sp³-hybridized carbons (Fsp3) is 0.333. The zero-order valence-electron chi connectivity index (χ0n) is 13.4. The third kappa shape index (κ3) is 3.74. The summed E-state index contributed by atoms with van der Waals surface area (Å²) in [5.41, 5.74) is 1.69. The number of hydrogen-bond donors (Lipinski definition) is 1. The number of nitrogens with one attached hydrogen (secondary N) is 1. The maximum atomic E-state index is 13.8. The Morgan fingerprint density at radius 2 is 2.29 bits per heavy atom. The van der Waals surface area contributed by atoms with Crippen LogP contribution in [-0.2, 0) is 11.2 Å². The molecule has 1 amide bonds. The van der Waals surface area contributed by atoms with E-state index < -0.39 is 5.82 Å². The molecular formula is C18H19ClFN3O. The quantitative estimate of drug-likeness (QED) is 0.924. The first kappa shape index (κ1) is 16.9. The van der Waals surface area contributed by atoms with Crippen molar-refractivity contribution in [2.24, 2.45) is 0 Å². The van der Waals surface area contributed by atoms with Gasteiger partial charge in [0.05, 0.1) is 17.5 Å². The average Bonchev–Trinajstić information content (AvgIpc) is 2.91. The van der Waals surface area contributed by atoms with Crippen molar-refractivity contribution < 1.29 is 9.18 Å². The molecule has 126 valence electrons. The van der Waals surface area contributed by atoms with E-state index in [-0.39, 0.29) is 29.4 Å². The Hall–Kier alpha value is -1.98. The summed E-state index contributed by atoms with van der Waals surface area (Å²) in [6.07, 6.45) is 4.48. The standard InChI is InChI=1S/C18H19ClFN3O/c1-23-8-6-16(18(23)13-4-5-14(19)15(20)10-13)22-17(24)9-12-3-2-7-21-11-12/h2-5,7,10-11,16,18H,6,8-9H2,1H3,(H,22,24). The maximum Gasteiger partial charge on any atom is 0.224 e. The molecule has 2 unspecified atom stereocenters. The molecule has 2 aromatic rings. The predicted molar refractivity (Wildman–Crippen MR) is 91.3 cm³/mol. The van der Waals surface area contributed by atoms with Gasteiger partial charge < -0.3 is 5.32 Å². The Balaban J connectivity index is 1.72. The molecule has 1 aliphatic heterocycles. The predicted octanol–water partition coefficient (Wildman–Crippen LogP) is 2.98. The van der Waals surface area contributed by atoms with Gasteiger partial charge in [-0.1, -0.05) is 23.7 Å². The Morgan fingerprint density at radius 1 is 1.46 bits per heavy atom. The number of aromatic nitrogens is 1. The van der Waals surface area contributed by atoms with Crippen molar-refractivity contribution in [2.45, 2.75) is 24.9 Å². The van der Waals surface area contributed by atoms with Crippen molar-refractivity contribution in [2.75, 3.05) is 13.6 Å². The topological polar surface area (TPSA) is 45.2 Å². The first-order chi connectivity index (χ1) is 11.5. The number of rotatable bonds is 4. The number of pyridine rings is 1. The van der Waals surface area contributed by atoms with Crippen LogP contribution < -0.4 is 5.32 Å². The van der Waals surface area contributed by atoms with Gasteiger partial charge in [-0.05, 0) is 42.8 Å². The monoisotopic (exact) mass is 347 g/mol. The summed E-state index contributed by atoms with van der Waals surface area (Å²) in [4.78, 5) is 18.5. The number of halogens is 2. The summed E-state index contributed by atoms with van der Waals surface area (Å²) in [7, 11) is 1.98. The summed E-state index contributed by atoms with van der Waals surface area (Å²) < 4.78 is 13.8. The summed E-state index contributed by atoms with van der Waals surface area (Å²) in [6, 6.07) is 8.40. The lowest BCUT2D eigenvalue weighted by molar-refractivity contribution is -0.121. The van der Waals surface area contributed by atoms with Gasteiger partial charge in [0.25, 0.3) is 0 Å². The molecule has 6 heteroatoms. The molecule has 0 radical (unpaired) electrons. The molecule has 1 aromatic carbocycles. The molecule has 0 bridgehead atoms. The molecule has 1 aromatic heterocycles. The number of carbonyl (C=O) groups excluding carboxylic acids is 1. The van der Waals surface area contributed by atoms with Crippen LogP contribution in [-0.4, -0.2) is 35.4 Å². The Kier molecular flexibility index (Phi) is 5.11. The smallest absolute Gasteiger partial charge is 0.224 e. The van der Waals surface area contributed by atoms with Gasteiger partial charge >= 0.3 is 0 Å². The molecule has 0 spiro atoms. The van der Waals surface area contributed by atoms with Crippen LogP contribution in [0, 0.1) is 5.82 Å². The van der Waals surface area contributed by atoms with Crippen LogP contribution in [0.2, 0.25) is 5.02 Å². The van der Waals surface area contributed by atoms with E-state index in [2.05, 4.69) is 15.2 Å². The molecule has 1 N–H and O–H groups in total. The van der Waals surface area contributed by atoms with Crippen LogP contribution in [0.25, 0.3) is 0 Å². The van der Waals surface area contributed by atoms with Crippen molar-refractivity contribution in [1.29, 1.82) is 0 Å². The average molecular weight is 348 g/mol. The van der Waals surface area contributed by atoms with E-state index in [0.29, 0.717) is 0 Å². The van der Waals surface area contributed by atoms with Crippen LogP contribution >= 0.6 is 11.6 Å². The fourth-order valence-corrected chi connectivity index (χ4v) is 3.34. The molecule has 1 aliphatic rings. The van der Waals surface area contributed by atoms with Crippen molar-refractivity contribution in [3.05, 3.63) is 64.7 Å². The van der Waals surface area contributed by atoms with E-state index in [1.54, 1.807) is 18.5 Å². The van der Waals surface area contributed by atoms with Crippen molar-refractivity contribution >= 4 is 17.5 Å². The van der Waals surface area contributed by atoms with Crippen LogP contribution in [0.4, 0.5) is 4.39 Å². The minimum Gasteiger partial charge on any atom is -0.351 e. The molecule has 2 heterocycles. The molecule has 2 atom stereocenters. The van der Waals surface area contributed by atoms with E-state index in [1.165, 1.54) is 6.07 Å². The summed E-state index contributed by atoms with van der Waals surface area (Å²) in [6.45, 7) is 0.840. The van der Waals surface area contributed by atoms with E-state index >= 15 is 0 Å². The van der Waals surface area contributed by atoms with Crippen LogP contribution in [0.5, 0.6) is 0 Å². The van der Waals surface area contributed by atoms with Gasteiger partial charge in [-0.3, -0.25) is 14.7 Å². The second kappa shape index (κ2) is 7.28. The number of benzene rings is 1. The molecular weight excluding hydrogens is 329 g/mol. The highest BCUT2D eigenvalue weighted by Crippen LogP contribution is 2.32. The number of likely N-dealkylation sites (N-methyl/N-ethyl adjacent to an activating group) is 1. The van der Waals surface area contributed by atoms with Gasteiger partial charge in [0, 0.05) is 25.0 Å². The van der Waals surface area contributed by atoms with Gasteiger partial charge in [0.2, 0.25) is 5.91 Å². The minimum atomic E-state index is -0.435. The van der Waals surface area contributed by atoms with Crippen LogP contribution in [0.15, 0.2) is 42.7 Å². The molecule has 4 nitrogen and oxygen atoms in total. The van der Waals surface area contributed by atoms with Gasteiger partial charge in [0.1, 0.15) is 5.82 Å². The number of carbonyl (C=O) groups is 1. The first-order valence-corrected chi connectivity index (χ1v) is 8.26. The minimum absolute atomic E-state index is 0.0530. The first-order valence-electron chi connectivity index (χ1n) is 7.88. The number of amides is 1. The third-order valence-electron chi connectivity index (χ3n) is 4.37. The van der Waals surface area contributed by atoms with Gasteiger partial charge in [0.15, 0.2) is 0 Å². The van der Waals surface area contributed by atoms with Crippen LogP contribution in [0.1, 0.15) is 23.6 Å². The Bertz CT molecular complexity index is 725. The normalized spacial score (nSPS) is 21.0. The zero-order valence-corrected chi connectivity index (χ0v) is 14.1. The van der Waals surface area contributed by atoms with E-state index in [1.807, 2.05) is 25.2 Å². The van der Waals surface area contributed by atoms with E-state index in [4.69, 9.17) is 11.6 Å². The second-order valence-electron chi connectivity index (χ2n) is 6.10. The molecule has 0 aliphatic carbocycles. The SMILES string of the molecule is CN1CCC(NC(=O)Cc2cccnc2)C1c1ccc(Cl)c(F)c1. The summed E-state index contributed by atoms with van der Waals surface area (Å²) in [5.74, 6) is -0.488. The summed E-state index contributed by atoms with van der Waals surface area (Å²) >= 11 is 5.77. The van der Waals surface area contributed by atoms with Gasteiger partial charge in [-0.25, -0.2) is 4.39 Å². The highest BCUT2D eigenvalue weighted by atomic mass is 35.5. The molecule has 3 rings (SSSR count). The lowest BCUT2D eigenvalue weighted by atomic mass is 9.99. The lowest BCUT2D eigenvalue weighted by Crippen LogP contribution is -2.39. The number of nitrogens with zero attached hydrogens (tertiary/aromatic N) is 2. The third-order valence-corrected chi connectivity index (χ3v) is 4.67. The highest BCUT2D eigenvalue weighted by Gasteiger charge is 2.34. The van der Waals surface area contributed by atoms with Crippen molar-refractivity contribution in [1.82, 2.24) is 15.2 Å². The van der Waals surface area contributed by atoms with Gasteiger partial charge in [-0.15, -0.1) is 0 Å². The molecule has 1 saturated heterocycles. The Morgan fingerprint density at radius 3 is 3.00 bits per heavy atom. The molecule has 1 fully saturated rings. The molecule has 24 heavy (non-hydrogen) atoms. The zero-order chi connectivity index (χ0) is 17.1. The lowest BCUT2D eigenvalue weighted by Gasteiger charge is -2.26. The molecule has 0 saturated carbocycles. The number of likely N-dealkylation sites (tertiary alicyclic amines) is 1. The second-order valence-corrected chi connectivity index (χ2v) is 6.51. The maximum absolute atomic E-state index is 13.8. The van der Waals surface area contributed by atoms with E-state index in [0.717, 1.165) is 24.1 Å².